The summed E-state index contributed by atoms with van der Waals surface area (Å²) < 4.78 is 5.80. The molecule has 0 bridgehead atoms. The van der Waals surface area contributed by atoms with Crippen molar-refractivity contribution >= 4 is 35.4 Å². The van der Waals surface area contributed by atoms with Gasteiger partial charge in [-0.1, -0.05) is 25.4 Å². The van der Waals surface area contributed by atoms with Gasteiger partial charge in [0.05, 0.1) is 12.8 Å². The predicted octanol–water partition coefficient (Wildman–Crippen LogP) is 3.17. The van der Waals surface area contributed by atoms with Crippen LogP contribution in [0.5, 0.6) is 0 Å². The van der Waals surface area contributed by atoms with Crippen molar-refractivity contribution in [2.45, 2.75) is 49.9 Å². The van der Waals surface area contributed by atoms with E-state index >= 15 is 0 Å². The average molecular weight is 343 g/mol. The zero-order valence-electron chi connectivity index (χ0n) is 13.4. The Morgan fingerprint density at radius 3 is 2.77 bits per heavy atom. The van der Waals surface area contributed by atoms with Crippen LogP contribution in [0.15, 0.2) is 17.4 Å². The van der Waals surface area contributed by atoms with Gasteiger partial charge in [-0.15, -0.1) is 11.8 Å². The van der Waals surface area contributed by atoms with Crippen LogP contribution in [-0.4, -0.2) is 51.6 Å². The van der Waals surface area contributed by atoms with Gasteiger partial charge in [0.1, 0.15) is 16.6 Å². The number of aromatic nitrogens is 2. The van der Waals surface area contributed by atoms with E-state index in [-0.39, 0.29) is 17.0 Å². The van der Waals surface area contributed by atoms with Crippen molar-refractivity contribution in [2.75, 3.05) is 18.1 Å². The molecular weight excluding hydrogens is 320 g/mol. The highest BCUT2D eigenvalue weighted by Crippen LogP contribution is 2.32. The molecule has 2 heterocycles. The second-order valence-corrected chi connectivity index (χ2v) is 7.75. The van der Waals surface area contributed by atoms with Crippen LogP contribution in [0.3, 0.4) is 0 Å². The number of thioether (sulfide) groups is 1. The van der Waals surface area contributed by atoms with E-state index in [2.05, 4.69) is 33.7 Å². The van der Waals surface area contributed by atoms with Crippen molar-refractivity contribution in [2.24, 2.45) is 4.99 Å². The van der Waals surface area contributed by atoms with Gasteiger partial charge in [-0.05, 0) is 13.8 Å². The molecule has 2 atom stereocenters. The highest BCUT2D eigenvalue weighted by atomic mass is 35.5. The van der Waals surface area contributed by atoms with Crippen LogP contribution >= 0.6 is 23.4 Å². The smallest absolute Gasteiger partial charge is 0.157 e. The molecular formula is C15H23ClN4OS. The number of hydrogen-bond donors (Lipinski definition) is 0. The molecule has 0 amide bonds. The zero-order valence-corrected chi connectivity index (χ0v) is 15.0. The Labute approximate surface area is 141 Å². The molecule has 1 fully saturated rings. The van der Waals surface area contributed by atoms with Gasteiger partial charge >= 0.3 is 0 Å². The van der Waals surface area contributed by atoms with Gasteiger partial charge in [-0.2, -0.15) is 0 Å². The van der Waals surface area contributed by atoms with Crippen LogP contribution in [0.2, 0.25) is 0 Å². The molecule has 22 heavy (non-hydrogen) atoms. The second-order valence-electron chi connectivity index (χ2n) is 5.63. The lowest BCUT2D eigenvalue weighted by atomic mass is 10.3. The minimum absolute atomic E-state index is 0.0766. The maximum absolute atomic E-state index is 6.63. The number of aliphatic imine (C=N–C) groups is 1. The summed E-state index contributed by atoms with van der Waals surface area (Å²) in [5.74, 6) is 0.768. The largest absolute Gasteiger partial charge is 0.362 e. The number of hydrogen-bond acceptors (Lipinski definition) is 6. The third kappa shape index (κ3) is 4.57. The summed E-state index contributed by atoms with van der Waals surface area (Å²) in [5.41, 5.74) is 0.397. The molecule has 0 aliphatic carbocycles. The van der Waals surface area contributed by atoms with Crippen LogP contribution in [0, 0.1) is 0 Å². The van der Waals surface area contributed by atoms with Crippen molar-refractivity contribution in [3.05, 3.63) is 18.1 Å². The first-order chi connectivity index (χ1) is 10.5. The summed E-state index contributed by atoms with van der Waals surface area (Å²) in [4.78, 5) is 15.3. The van der Waals surface area contributed by atoms with Gasteiger partial charge in [-0.25, -0.2) is 9.97 Å². The van der Waals surface area contributed by atoms with Crippen molar-refractivity contribution in [1.29, 1.82) is 0 Å². The van der Waals surface area contributed by atoms with Gasteiger partial charge in [0.15, 0.2) is 5.82 Å². The minimum atomic E-state index is -0.274. The van der Waals surface area contributed by atoms with Crippen LogP contribution in [-0.2, 0) is 4.74 Å². The Bertz CT molecular complexity index is 512. The van der Waals surface area contributed by atoms with Crippen LogP contribution < -0.4 is 4.90 Å². The number of alkyl halides is 1. The Balaban J connectivity index is 2.23. The number of halogens is 1. The highest BCUT2D eigenvalue weighted by molar-refractivity contribution is 8.00. The maximum Gasteiger partial charge on any atom is 0.157 e. The van der Waals surface area contributed by atoms with Gasteiger partial charge in [0, 0.05) is 30.2 Å². The van der Waals surface area contributed by atoms with E-state index < -0.39 is 0 Å². The van der Waals surface area contributed by atoms with E-state index in [0.29, 0.717) is 18.4 Å². The Morgan fingerprint density at radius 1 is 1.36 bits per heavy atom. The van der Waals surface area contributed by atoms with Gasteiger partial charge < -0.3 is 9.64 Å². The number of rotatable bonds is 5. The molecule has 0 aromatic carbocycles. The molecule has 0 saturated carbocycles. The SMILES string of the molecule is CC(C)N=Cc1nccnc1N1CCOC(SC(C)C)C1Cl. The first-order valence-electron chi connectivity index (χ1n) is 7.51. The summed E-state index contributed by atoms with van der Waals surface area (Å²) in [5, 5.41) is 0.454. The summed E-state index contributed by atoms with van der Waals surface area (Å²) in [6.45, 7) is 9.66. The van der Waals surface area contributed by atoms with Gasteiger partial charge in [-0.3, -0.25) is 4.99 Å². The van der Waals surface area contributed by atoms with E-state index in [1.54, 1.807) is 30.4 Å². The lowest BCUT2D eigenvalue weighted by Gasteiger charge is -2.38. The zero-order chi connectivity index (χ0) is 16.1. The quantitative estimate of drug-likeness (QED) is 0.467. The van der Waals surface area contributed by atoms with Gasteiger partial charge in [0.2, 0.25) is 0 Å². The molecule has 1 saturated heterocycles. The number of morpholine rings is 1. The molecule has 1 aromatic rings. The fraction of sp³-hybridized carbons (Fsp3) is 0.667. The van der Waals surface area contributed by atoms with E-state index in [1.165, 1.54) is 0 Å². The highest BCUT2D eigenvalue weighted by Gasteiger charge is 2.33. The van der Waals surface area contributed by atoms with Crippen LogP contribution in [0.25, 0.3) is 0 Å². The fourth-order valence-electron chi connectivity index (χ4n) is 2.09. The normalized spacial score (nSPS) is 23.0. The molecule has 122 valence electrons. The third-order valence-electron chi connectivity index (χ3n) is 3.02. The van der Waals surface area contributed by atoms with Crippen molar-refractivity contribution in [1.82, 2.24) is 9.97 Å². The van der Waals surface area contributed by atoms with E-state index in [0.717, 1.165) is 11.5 Å². The van der Waals surface area contributed by atoms with E-state index in [4.69, 9.17) is 16.3 Å². The molecule has 0 radical (unpaired) electrons. The summed E-state index contributed by atoms with van der Waals surface area (Å²) in [7, 11) is 0. The third-order valence-corrected chi connectivity index (χ3v) is 4.84. The number of nitrogens with zero attached hydrogens (tertiary/aromatic N) is 4. The molecule has 1 aliphatic rings. The Hall–Kier alpha value is -0.850. The molecule has 1 aromatic heterocycles. The first kappa shape index (κ1) is 17.5. The summed E-state index contributed by atoms with van der Waals surface area (Å²) in [6, 6.07) is 0.218. The standard InChI is InChI=1S/C15H23ClN4OS/c1-10(2)19-9-12-14(18-6-5-17-12)20-7-8-21-15(13(20)16)22-11(3)4/h5-6,9-11,13,15H,7-8H2,1-4H3. The average Bonchev–Trinajstić information content (AvgIpc) is 2.47. The number of anilines is 1. The fourth-order valence-corrected chi connectivity index (χ4v) is 3.51. The minimum Gasteiger partial charge on any atom is -0.362 e. The first-order valence-corrected chi connectivity index (χ1v) is 8.89. The van der Waals surface area contributed by atoms with E-state index in [1.807, 2.05) is 13.8 Å². The summed E-state index contributed by atoms with van der Waals surface area (Å²) in [6.07, 6.45) is 5.14. The van der Waals surface area contributed by atoms with Crippen molar-refractivity contribution < 1.29 is 4.74 Å². The molecule has 0 spiro atoms. The maximum atomic E-state index is 6.63. The van der Waals surface area contributed by atoms with Crippen LogP contribution in [0.1, 0.15) is 33.4 Å². The molecule has 2 unspecified atom stereocenters. The lowest BCUT2D eigenvalue weighted by molar-refractivity contribution is 0.0880. The topological polar surface area (TPSA) is 50.6 Å². The molecule has 1 aliphatic heterocycles. The monoisotopic (exact) mass is 342 g/mol. The van der Waals surface area contributed by atoms with E-state index in [9.17, 15) is 0 Å². The lowest BCUT2D eigenvalue weighted by Crippen LogP contribution is -2.48. The molecule has 2 rings (SSSR count). The molecule has 7 heteroatoms. The van der Waals surface area contributed by atoms with Crippen molar-refractivity contribution in [3.8, 4) is 0 Å². The second kappa shape index (κ2) is 8.13. The molecule has 5 nitrogen and oxygen atoms in total. The Morgan fingerprint density at radius 2 is 2.09 bits per heavy atom. The predicted molar refractivity (Wildman–Crippen MR) is 94.2 cm³/mol. The Kier molecular flexibility index (Phi) is 6.47. The van der Waals surface area contributed by atoms with Crippen LogP contribution in [0.4, 0.5) is 5.82 Å². The molecule has 0 N–H and O–H groups in total. The summed E-state index contributed by atoms with van der Waals surface area (Å²) >= 11 is 8.36. The van der Waals surface area contributed by atoms with Crippen molar-refractivity contribution in [3.63, 3.8) is 0 Å². The number of ether oxygens (including phenoxy) is 1. The van der Waals surface area contributed by atoms with Gasteiger partial charge in [0.25, 0.3) is 0 Å².